The Morgan fingerprint density at radius 3 is 2.29 bits per heavy atom. The van der Waals surface area contributed by atoms with Gasteiger partial charge in [0.05, 0.1) is 0 Å². The summed E-state index contributed by atoms with van der Waals surface area (Å²) in [4.78, 5) is 10.5. The SMILES string of the molecule is CC(=O)NCCNC(=S)NCC(C)C. The Morgan fingerprint density at radius 2 is 1.79 bits per heavy atom. The number of hydrogen-bond donors (Lipinski definition) is 3. The van der Waals surface area contributed by atoms with Crippen LogP contribution in [0.4, 0.5) is 0 Å². The van der Waals surface area contributed by atoms with Crippen LogP contribution in [0, 0.1) is 5.92 Å². The fraction of sp³-hybridized carbons (Fsp3) is 0.778. The maximum atomic E-state index is 10.5. The summed E-state index contributed by atoms with van der Waals surface area (Å²) in [5, 5.41) is 9.40. The van der Waals surface area contributed by atoms with Gasteiger partial charge in [0.15, 0.2) is 5.11 Å². The lowest BCUT2D eigenvalue weighted by Gasteiger charge is -2.11. The molecule has 0 heterocycles. The van der Waals surface area contributed by atoms with Gasteiger partial charge >= 0.3 is 0 Å². The first-order valence-corrected chi connectivity index (χ1v) is 5.19. The van der Waals surface area contributed by atoms with Crippen LogP contribution >= 0.6 is 12.2 Å². The molecule has 0 aliphatic carbocycles. The van der Waals surface area contributed by atoms with Crippen LogP contribution in [0.3, 0.4) is 0 Å². The quantitative estimate of drug-likeness (QED) is 0.456. The van der Waals surface area contributed by atoms with Gasteiger partial charge in [-0.3, -0.25) is 4.79 Å². The van der Waals surface area contributed by atoms with Crippen LogP contribution in [0.25, 0.3) is 0 Å². The number of nitrogens with one attached hydrogen (secondary N) is 3. The van der Waals surface area contributed by atoms with E-state index < -0.39 is 0 Å². The van der Waals surface area contributed by atoms with Crippen LogP contribution < -0.4 is 16.0 Å². The Hall–Kier alpha value is -0.840. The molecule has 0 atom stereocenters. The Kier molecular flexibility index (Phi) is 7.10. The number of hydrogen-bond acceptors (Lipinski definition) is 2. The zero-order chi connectivity index (χ0) is 11.0. The van der Waals surface area contributed by atoms with Crippen molar-refractivity contribution in [1.29, 1.82) is 0 Å². The Labute approximate surface area is 90.8 Å². The number of thiocarbonyl (C=S) groups is 1. The maximum absolute atomic E-state index is 10.5. The summed E-state index contributed by atoms with van der Waals surface area (Å²) in [7, 11) is 0. The van der Waals surface area contributed by atoms with Crippen LogP contribution in [0.1, 0.15) is 20.8 Å². The molecule has 14 heavy (non-hydrogen) atoms. The van der Waals surface area contributed by atoms with Gasteiger partial charge in [-0.1, -0.05) is 13.8 Å². The Balaban J connectivity index is 3.31. The summed E-state index contributed by atoms with van der Waals surface area (Å²) in [5.74, 6) is 0.554. The first-order chi connectivity index (χ1) is 6.52. The molecular formula is C9H19N3OS. The van der Waals surface area contributed by atoms with Gasteiger partial charge in [-0.2, -0.15) is 0 Å². The molecule has 3 N–H and O–H groups in total. The first kappa shape index (κ1) is 13.2. The molecular weight excluding hydrogens is 198 g/mol. The molecule has 0 spiro atoms. The van der Waals surface area contributed by atoms with E-state index >= 15 is 0 Å². The molecule has 0 saturated heterocycles. The fourth-order valence-corrected chi connectivity index (χ4v) is 0.959. The molecule has 0 aromatic heterocycles. The number of amides is 1. The summed E-state index contributed by atoms with van der Waals surface area (Å²) < 4.78 is 0. The molecule has 82 valence electrons. The lowest BCUT2D eigenvalue weighted by atomic mass is 10.2. The van der Waals surface area contributed by atoms with Gasteiger partial charge in [-0.25, -0.2) is 0 Å². The number of carbonyl (C=O) groups excluding carboxylic acids is 1. The van der Waals surface area contributed by atoms with E-state index in [1.807, 2.05) is 0 Å². The lowest BCUT2D eigenvalue weighted by Crippen LogP contribution is -2.40. The molecule has 0 aromatic carbocycles. The maximum Gasteiger partial charge on any atom is 0.216 e. The minimum absolute atomic E-state index is 0.0205. The monoisotopic (exact) mass is 217 g/mol. The minimum Gasteiger partial charge on any atom is -0.362 e. The van der Waals surface area contributed by atoms with E-state index in [9.17, 15) is 4.79 Å². The highest BCUT2D eigenvalue weighted by molar-refractivity contribution is 7.80. The van der Waals surface area contributed by atoms with Gasteiger partial charge in [0.1, 0.15) is 0 Å². The highest BCUT2D eigenvalue weighted by Crippen LogP contribution is 1.86. The van der Waals surface area contributed by atoms with Crippen molar-refractivity contribution >= 4 is 23.2 Å². The fourth-order valence-electron chi connectivity index (χ4n) is 0.774. The van der Waals surface area contributed by atoms with Gasteiger partial charge in [0, 0.05) is 26.6 Å². The predicted molar refractivity (Wildman–Crippen MR) is 62.1 cm³/mol. The van der Waals surface area contributed by atoms with Crippen molar-refractivity contribution in [3.63, 3.8) is 0 Å². The standard InChI is InChI=1S/C9H19N3OS/c1-7(2)6-12-9(14)11-5-4-10-8(3)13/h7H,4-6H2,1-3H3,(H,10,13)(H2,11,12,14). The van der Waals surface area contributed by atoms with Gasteiger partial charge in [0.25, 0.3) is 0 Å². The number of carbonyl (C=O) groups is 1. The van der Waals surface area contributed by atoms with Crippen molar-refractivity contribution in [3.8, 4) is 0 Å². The van der Waals surface area contributed by atoms with Crippen molar-refractivity contribution in [2.45, 2.75) is 20.8 Å². The molecule has 0 bridgehead atoms. The Morgan fingerprint density at radius 1 is 1.21 bits per heavy atom. The average Bonchev–Trinajstić information content (AvgIpc) is 2.08. The largest absolute Gasteiger partial charge is 0.362 e. The third kappa shape index (κ3) is 9.25. The van der Waals surface area contributed by atoms with Crippen LogP contribution in [0.5, 0.6) is 0 Å². The van der Waals surface area contributed by atoms with Crippen molar-refractivity contribution < 1.29 is 4.79 Å². The van der Waals surface area contributed by atoms with Gasteiger partial charge < -0.3 is 16.0 Å². The number of rotatable bonds is 5. The van der Waals surface area contributed by atoms with Gasteiger partial charge in [-0.15, -0.1) is 0 Å². The second kappa shape index (κ2) is 7.55. The van der Waals surface area contributed by atoms with E-state index in [1.54, 1.807) is 0 Å². The summed E-state index contributed by atoms with van der Waals surface area (Å²) in [6.07, 6.45) is 0. The smallest absolute Gasteiger partial charge is 0.216 e. The van der Waals surface area contributed by atoms with Crippen molar-refractivity contribution in [2.75, 3.05) is 19.6 Å². The topological polar surface area (TPSA) is 53.2 Å². The summed E-state index contributed by atoms with van der Waals surface area (Å²) in [5.41, 5.74) is 0. The van der Waals surface area contributed by atoms with E-state index in [-0.39, 0.29) is 5.91 Å². The molecule has 0 aliphatic rings. The molecule has 0 aliphatic heterocycles. The van der Waals surface area contributed by atoms with E-state index in [0.29, 0.717) is 24.1 Å². The normalized spacial score (nSPS) is 9.71. The Bertz CT molecular complexity index is 194. The highest BCUT2D eigenvalue weighted by atomic mass is 32.1. The van der Waals surface area contributed by atoms with E-state index in [0.717, 1.165) is 6.54 Å². The molecule has 0 fully saturated rings. The van der Waals surface area contributed by atoms with Crippen molar-refractivity contribution in [3.05, 3.63) is 0 Å². The van der Waals surface area contributed by atoms with Crippen LogP contribution in [-0.4, -0.2) is 30.7 Å². The zero-order valence-corrected chi connectivity index (χ0v) is 9.83. The second-order valence-electron chi connectivity index (χ2n) is 3.51. The van der Waals surface area contributed by atoms with E-state index in [4.69, 9.17) is 12.2 Å². The zero-order valence-electron chi connectivity index (χ0n) is 9.02. The third-order valence-electron chi connectivity index (χ3n) is 1.46. The average molecular weight is 217 g/mol. The lowest BCUT2D eigenvalue weighted by molar-refractivity contribution is -0.118. The predicted octanol–water partition coefficient (Wildman–Crippen LogP) is 0.243. The molecule has 0 rings (SSSR count). The van der Waals surface area contributed by atoms with Crippen molar-refractivity contribution in [1.82, 2.24) is 16.0 Å². The first-order valence-electron chi connectivity index (χ1n) is 4.78. The van der Waals surface area contributed by atoms with Gasteiger partial charge in [-0.05, 0) is 18.1 Å². The highest BCUT2D eigenvalue weighted by Gasteiger charge is 1.96. The molecule has 0 radical (unpaired) electrons. The molecule has 5 heteroatoms. The molecule has 0 aromatic rings. The summed E-state index contributed by atoms with van der Waals surface area (Å²) in [6.45, 7) is 7.85. The van der Waals surface area contributed by atoms with E-state index in [1.165, 1.54) is 6.92 Å². The third-order valence-corrected chi connectivity index (χ3v) is 1.74. The van der Waals surface area contributed by atoms with Crippen LogP contribution in [-0.2, 0) is 4.79 Å². The van der Waals surface area contributed by atoms with Gasteiger partial charge in [0.2, 0.25) is 5.91 Å². The van der Waals surface area contributed by atoms with Crippen LogP contribution in [0.2, 0.25) is 0 Å². The molecule has 0 saturated carbocycles. The van der Waals surface area contributed by atoms with Crippen molar-refractivity contribution in [2.24, 2.45) is 5.92 Å². The molecule has 0 unspecified atom stereocenters. The second-order valence-corrected chi connectivity index (χ2v) is 3.92. The minimum atomic E-state index is -0.0205. The molecule has 4 nitrogen and oxygen atoms in total. The van der Waals surface area contributed by atoms with Crippen LogP contribution in [0.15, 0.2) is 0 Å². The summed E-state index contributed by atoms with van der Waals surface area (Å²) >= 11 is 5.02. The molecule has 1 amide bonds. The summed E-state index contributed by atoms with van der Waals surface area (Å²) in [6, 6.07) is 0. The van der Waals surface area contributed by atoms with E-state index in [2.05, 4.69) is 29.8 Å².